The Labute approximate surface area is 171 Å². The normalized spacial score (nSPS) is 10.7. The Morgan fingerprint density at radius 1 is 1.00 bits per heavy atom. The van der Waals surface area contributed by atoms with Crippen LogP contribution in [0.2, 0.25) is 0 Å². The molecule has 9 nitrogen and oxygen atoms in total. The van der Waals surface area contributed by atoms with Gasteiger partial charge in [0, 0.05) is 41.9 Å². The lowest BCUT2D eigenvalue weighted by atomic mass is 10.2. The molecule has 0 N–H and O–H groups in total. The molecule has 0 amide bonds. The molecule has 0 bridgehead atoms. The van der Waals surface area contributed by atoms with Crippen LogP contribution in [0.15, 0.2) is 59.1 Å². The zero-order chi connectivity index (χ0) is 21.1. The Kier molecular flexibility index (Phi) is 5.17. The molecule has 9 heteroatoms. The predicted molar refractivity (Wildman–Crippen MR) is 108 cm³/mol. The first-order valence-electron chi connectivity index (χ1n) is 9.23. The van der Waals surface area contributed by atoms with Gasteiger partial charge in [0.15, 0.2) is 5.82 Å². The van der Waals surface area contributed by atoms with Crippen molar-refractivity contribution >= 4 is 5.69 Å². The van der Waals surface area contributed by atoms with Crippen molar-refractivity contribution in [1.82, 2.24) is 20.1 Å². The molecule has 0 radical (unpaired) electrons. The Morgan fingerprint density at radius 3 is 2.47 bits per heavy atom. The fraction of sp³-hybridized carbons (Fsp3) is 0.143. The number of non-ortho nitro benzene ring substituents is 1. The number of aryl methyl sites for hydroxylation is 2. The van der Waals surface area contributed by atoms with Crippen molar-refractivity contribution in [3.8, 4) is 34.4 Å². The van der Waals surface area contributed by atoms with Gasteiger partial charge in [-0.25, -0.2) is 4.98 Å². The monoisotopic (exact) mass is 403 g/mol. The van der Waals surface area contributed by atoms with Gasteiger partial charge in [0.25, 0.3) is 5.69 Å². The average Bonchev–Trinajstić information content (AvgIpc) is 3.20. The molecule has 0 saturated carbocycles. The molecule has 0 atom stereocenters. The molecule has 0 fully saturated rings. The molecule has 2 aromatic heterocycles. The van der Waals surface area contributed by atoms with Crippen LogP contribution in [0.3, 0.4) is 0 Å². The lowest BCUT2D eigenvalue weighted by molar-refractivity contribution is -0.384. The minimum Gasteiger partial charge on any atom is -0.439 e. The van der Waals surface area contributed by atoms with Crippen molar-refractivity contribution in [2.24, 2.45) is 0 Å². The van der Waals surface area contributed by atoms with Crippen molar-refractivity contribution in [3.05, 3.63) is 76.3 Å². The van der Waals surface area contributed by atoms with Gasteiger partial charge in [-0.05, 0) is 30.7 Å². The standard InChI is InChI=1S/C21H17N5O4/c1-3-16-12-19(24-20(23-16)14-7-9-17(10-8-14)26(27)28)29-18-6-4-5-15(11-18)21-22-13(2)30-25-21/h4-12H,3H2,1-2H3. The third kappa shape index (κ3) is 4.14. The summed E-state index contributed by atoms with van der Waals surface area (Å²) < 4.78 is 11.0. The molecular weight excluding hydrogens is 386 g/mol. The average molecular weight is 403 g/mol. The van der Waals surface area contributed by atoms with Crippen molar-refractivity contribution in [2.75, 3.05) is 0 Å². The summed E-state index contributed by atoms with van der Waals surface area (Å²) >= 11 is 0. The lowest BCUT2D eigenvalue weighted by Crippen LogP contribution is -1.98. The second-order valence-corrected chi connectivity index (χ2v) is 6.45. The first-order chi connectivity index (χ1) is 14.5. The van der Waals surface area contributed by atoms with Crippen LogP contribution in [0.5, 0.6) is 11.6 Å². The number of nitro benzene ring substituents is 1. The first-order valence-corrected chi connectivity index (χ1v) is 9.23. The minimum atomic E-state index is -0.445. The van der Waals surface area contributed by atoms with E-state index in [4.69, 9.17) is 9.26 Å². The van der Waals surface area contributed by atoms with Crippen molar-refractivity contribution < 1.29 is 14.2 Å². The van der Waals surface area contributed by atoms with Crippen LogP contribution < -0.4 is 4.74 Å². The van der Waals surface area contributed by atoms with Gasteiger partial charge >= 0.3 is 0 Å². The Morgan fingerprint density at radius 2 is 1.80 bits per heavy atom. The van der Waals surface area contributed by atoms with Gasteiger partial charge in [0.05, 0.1) is 4.92 Å². The van der Waals surface area contributed by atoms with E-state index >= 15 is 0 Å². The molecule has 4 aromatic rings. The van der Waals surface area contributed by atoms with Crippen LogP contribution in [0.25, 0.3) is 22.8 Å². The number of ether oxygens (including phenoxy) is 1. The highest BCUT2D eigenvalue weighted by Crippen LogP contribution is 2.27. The minimum absolute atomic E-state index is 0.00962. The van der Waals surface area contributed by atoms with Gasteiger partial charge in [-0.3, -0.25) is 10.1 Å². The second-order valence-electron chi connectivity index (χ2n) is 6.45. The molecule has 4 rings (SSSR count). The molecule has 0 aliphatic heterocycles. The zero-order valence-corrected chi connectivity index (χ0v) is 16.3. The van der Waals surface area contributed by atoms with Crippen LogP contribution in [0.4, 0.5) is 5.69 Å². The summed E-state index contributed by atoms with van der Waals surface area (Å²) in [4.78, 5) is 23.6. The summed E-state index contributed by atoms with van der Waals surface area (Å²) in [5.41, 5.74) is 2.22. The summed E-state index contributed by atoms with van der Waals surface area (Å²) in [5, 5.41) is 14.8. The smallest absolute Gasteiger partial charge is 0.269 e. The first kappa shape index (κ1) is 19.2. The molecular formula is C21H17N5O4. The summed E-state index contributed by atoms with van der Waals surface area (Å²) in [6.07, 6.45) is 0.682. The van der Waals surface area contributed by atoms with E-state index in [0.717, 1.165) is 11.3 Å². The van der Waals surface area contributed by atoms with Gasteiger partial charge in [-0.2, -0.15) is 9.97 Å². The summed E-state index contributed by atoms with van der Waals surface area (Å²) in [7, 11) is 0. The highest BCUT2D eigenvalue weighted by atomic mass is 16.6. The Hall–Kier alpha value is -4.14. The molecule has 0 aliphatic carbocycles. The number of aromatic nitrogens is 4. The highest BCUT2D eigenvalue weighted by molar-refractivity contribution is 5.59. The third-order valence-electron chi connectivity index (χ3n) is 4.30. The topological polar surface area (TPSA) is 117 Å². The SMILES string of the molecule is CCc1cc(Oc2cccc(-c3noc(C)n3)c2)nc(-c2ccc([N+](=O)[O-])cc2)n1. The maximum Gasteiger partial charge on any atom is 0.269 e. The van der Waals surface area contributed by atoms with E-state index in [1.54, 1.807) is 37.3 Å². The molecule has 0 spiro atoms. The van der Waals surface area contributed by atoms with Crippen molar-refractivity contribution in [2.45, 2.75) is 20.3 Å². The van der Waals surface area contributed by atoms with Crippen molar-refractivity contribution in [1.29, 1.82) is 0 Å². The van der Waals surface area contributed by atoms with Crippen molar-refractivity contribution in [3.63, 3.8) is 0 Å². The number of nitrogens with zero attached hydrogens (tertiary/aromatic N) is 5. The largest absolute Gasteiger partial charge is 0.439 e. The quantitative estimate of drug-likeness (QED) is 0.334. The third-order valence-corrected chi connectivity index (χ3v) is 4.30. The maximum absolute atomic E-state index is 10.9. The lowest BCUT2D eigenvalue weighted by Gasteiger charge is -2.09. The van der Waals surface area contributed by atoms with Gasteiger partial charge in [-0.15, -0.1) is 0 Å². The van der Waals surface area contributed by atoms with E-state index in [-0.39, 0.29) is 5.69 Å². The number of rotatable bonds is 6. The van der Waals surface area contributed by atoms with Gasteiger partial charge in [0.2, 0.25) is 17.6 Å². The molecule has 0 aliphatic rings. The second kappa shape index (κ2) is 8.08. The summed E-state index contributed by atoms with van der Waals surface area (Å²) in [6, 6.07) is 15.1. The molecule has 30 heavy (non-hydrogen) atoms. The van der Waals surface area contributed by atoms with Crippen LogP contribution in [-0.4, -0.2) is 25.0 Å². The van der Waals surface area contributed by atoms with Gasteiger partial charge in [0.1, 0.15) is 5.75 Å². The fourth-order valence-corrected chi connectivity index (χ4v) is 2.80. The van der Waals surface area contributed by atoms with Crippen LogP contribution in [-0.2, 0) is 6.42 Å². The molecule has 0 saturated heterocycles. The van der Waals surface area contributed by atoms with E-state index in [1.807, 2.05) is 19.1 Å². The number of hydrogen-bond donors (Lipinski definition) is 0. The number of hydrogen-bond acceptors (Lipinski definition) is 8. The summed E-state index contributed by atoms with van der Waals surface area (Å²) in [6.45, 7) is 3.70. The summed E-state index contributed by atoms with van der Waals surface area (Å²) in [5.74, 6) is 2.32. The molecule has 2 aromatic carbocycles. The van der Waals surface area contributed by atoms with Crippen LogP contribution in [0, 0.1) is 17.0 Å². The van der Waals surface area contributed by atoms with E-state index in [0.29, 0.717) is 41.2 Å². The van der Waals surface area contributed by atoms with Crippen LogP contribution in [0.1, 0.15) is 18.5 Å². The molecule has 0 unspecified atom stereocenters. The highest BCUT2D eigenvalue weighted by Gasteiger charge is 2.12. The fourth-order valence-electron chi connectivity index (χ4n) is 2.80. The van der Waals surface area contributed by atoms with E-state index < -0.39 is 4.92 Å². The van der Waals surface area contributed by atoms with E-state index in [1.165, 1.54) is 12.1 Å². The molecule has 2 heterocycles. The van der Waals surface area contributed by atoms with Crippen LogP contribution >= 0.6 is 0 Å². The van der Waals surface area contributed by atoms with Gasteiger partial charge < -0.3 is 9.26 Å². The van der Waals surface area contributed by atoms with Gasteiger partial charge in [-0.1, -0.05) is 24.2 Å². The number of benzene rings is 2. The van der Waals surface area contributed by atoms with E-state index in [2.05, 4.69) is 20.1 Å². The molecule has 150 valence electrons. The number of nitro groups is 1. The Bertz CT molecular complexity index is 1200. The Balaban J connectivity index is 1.65. The van der Waals surface area contributed by atoms with E-state index in [9.17, 15) is 10.1 Å². The predicted octanol–water partition coefficient (Wildman–Crippen LogP) is 4.76. The maximum atomic E-state index is 10.9. The zero-order valence-electron chi connectivity index (χ0n) is 16.3.